The highest BCUT2D eigenvalue weighted by Crippen LogP contribution is 2.30. The van der Waals surface area contributed by atoms with E-state index in [-0.39, 0.29) is 0 Å². The largest absolute Gasteiger partial charge is 0.466 e. The number of benzene rings is 1. The first-order chi connectivity index (χ1) is 7.19. The van der Waals surface area contributed by atoms with Crippen LogP contribution in [-0.2, 0) is 4.74 Å². The Balaban J connectivity index is 2.88. The molecule has 0 aromatic heterocycles. The Morgan fingerprint density at radius 1 is 1.33 bits per heavy atom. The standard InChI is InChI=1S/C12H18O2S/c1-9(2)10-5-6-11(14-8-13-3)12(7-10)15-4/h5-7,9H,8H2,1-4H3. The van der Waals surface area contributed by atoms with Gasteiger partial charge in [0.15, 0.2) is 6.79 Å². The third-order valence-corrected chi connectivity index (χ3v) is 2.95. The van der Waals surface area contributed by atoms with Crippen LogP contribution >= 0.6 is 11.8 Å². The normalized spacial score (nSPS) is 10.7. The van der Waals surface area contributed by atoms with E-state index in [1.54, 1.807) is 18.9 Å². The Bertz CT molecular complexity index is 310. The molecule has 0 radical (unpaired) electrons. The number of ether oxygens (including phenoxy) is 2. The molecule has 2 nitrogen and oxygen atoms in total. The summed E-state index contributed by atoms with van der Waals surface area (Å²) in [5.41, 5.74) is 1.34. The van der Waals surface area contributed by atoms with Gasteiger partial charge in [-0.15, -0.1) is 11.8 Å². The van der Waals surface area contributed by atoms with Crippen LogP contribution < -0.4 is 4.74 Å². The second-order valence-corrected chi connectivity index (χ2v) is 4.46. The summed E-state index contributed by atoms with van der Waals surface area (Å²) in [4.78, 5) is 1.17. The topological polar surface area (TPSA) is 18.5 Å². The van der Waals surface area contributed by atoms with Crippen LogP contribution in [0.25, 0.3) is 0 Å². The van der Waals surface area contributed by atoms with Crippen LogP contribution in [0.1, 0.15) is 25.3 Å². The molecule has 3 heteroatoms. The first-order valence-corrected chi connectivity index (χ1v) is 6.21. The molecule has 1 aromatic rings. The summed E-state index contributed by atoms with van der Waals surface area (Å²) in [6.07, 6.45) is 2.05. The van der Waals surface area contributed by atoms with E-state index in [2.05, 4.69) is 32.2 Å². The molecular formula is C12H18O2S. The minimum Gasteiger partial charge on any atom is -0.466 e. The van der Waals surface area contributed by atoms with Crippen molar-refractivity contribution >= 4 is 11.8 Å². The maximum atomic E-state index is 5.47. The second kappa shape index (κ2) is 6.03. The van der Waals surface area contributed by atoms with E-state index < -0.39 is 0 Å². The van der Waals surface area contributed by atoms with Crippen molar-refractivity contribution in [3.63, 3.8) is 0 Å². The summed E-state index contributed by atoms with van der Waals surface area (Å²) in [5.74, 6) is 1.45. The lowest BCUT2D eigenvalue weighted by molar-refractivity contribution is 0.0491. The van der Waals surface area contributed by atoms with Gasteiger partial charge in [-0.25, -0.2) is 0 Å². The summed E-state index contributed by atoms with van der Waals surface area (Å²) >= 11 is 1.70. The van der Waals surface area contributed by atoms with Crippen LogP contribution in [0.2, 0.25) is 0 Å². The fourth-order valence-electron chi connectivity index (χ4n) is 1.28. The number of hydrogen-bond acceptors (Lipinski definition) is 3. The Morgan fingerprint density at radius 3 is 2.60 bits per heavy atom. The lowest BCUT2D eigenvalue weighted by Crippen LogP contribution is -2.00. The molecule has 0 unspecified atom stereocenters. The monoisotopic (exact) mass is 226 g/mol. The zero-order valence-electron chi connectivity index (χ0n) is 9.74. The molecule has 0 fully saturated rings. The smallest absolute Gasteiger partial charge is 0.188 e. The molecule has 0 heterocycles. The molecule has 1 aromatic carbocycles. The van der Waals surface area contributed by atoms with Gasteiger partial charge in [0.05, 0.1) is 0 Å². The number of methoxy groups -OCH3 is 1. The molecule has 0 saturated carbocycles. The van der Waals surface area contributed by atoms with Crippen molar-refractivity contribution < 1.29 is 9.47 Å². The lowest BCUT2D eigenvalue weighted by Gasteiger charge is -2.12. The average Bonchev–Trinajstić information content (AvgIpc) is 2.25. The number of hydrogen-bond donors (Lipinski definition) is 0. The third-order valence-electron chi connectivity index (χ3n) is 2.19. The van der Waals surface area contributed by atoms with Gasteiger partial charge in [-0.05, 0) is 29.9 Å². The van der Waals surface area contributed by atoms with Gasteiger partial charge >= 0.3 is 0 Å². The van der Waals surface area contributed by atoms with Gasteiger partial charge in [-0.3, -0.25) is 0 Å². The summed E-state index contributed by atoms with van der Waals surface area (Å²) in [5, 5.41) is 0. The fraction of sp³-hybridized carbons (Fsp3) is 0.500. The van der Waals surface area contributed by atoms with Crippen molar-refractivity contribution in [3.05, 3.63) is 23.8 Å². The SMILES string of the molecule is COCOc1ccc(C(C)C)cc1SC. The highest BCUT2D eigenvalue weighted by Gasteiger charge is 2.06. The zero-order valence-corrected chi connectivity index (χ0v) is 10.6. The van der Waals surface area contributed by atoms with Crippen LogP contribution in [0.4, 0.5) is 0 Å². The van der Waals surface area contributed by atoms with E-state index in [1.165, 1.54) is 10.5 Å². The van der Waals surface area contributed by atoms with E-state index in [1.807, 2.05) is 6.07 Å². The lowest BCUT2D eigenvalue weighted by atomic mass is 10.0. The molecule has 0 N–H and O–H groups in total. The first kappa shape index (κ1) is 12.4. The molecule has 0 bridgehead atoms. The van der Waals surface area contributed by atoms with Gasteiger partial charge in [-0.1, -0.05) is 19.9 Å². The minimum absolute atomic E-state index is 0.300. The average molecular weight is 226 g/mol. The molecular weight excluding hydrogens is 208 g/mol. The Hall–Kier alpha value is -0.670. The summed E-state index contributed by atoms with van der Waals surface area (Å²) in [6, 6.07) is 6.30. The fourth-order valence-corrected chi connectivity index (χ4v) is 1.87. The van der Waals surface area contributed by atoms with Gasteiger partial charge in [-0.2, -0.15) is 0 Å². The first-order valence-electron chi connectivity index (χ1n) is 4.98. The predicted octanol–water partition coefficient (Wildman–Crippen LogP) is 3.51. The molecule has 84 valence electrons. The molecule has 0 amide bonds. The molecule has 15 heavy (non-hydrogen) atoms. The minimum atomic E-state index is 0.300. The van der Waals surface area contributed by atoms with Gasteiger partial charge in [0.2, 0.25) is 0 Å². The molecule has 0 spiro atoms. The quantitative estimate of drug-likeness (QED) is 0.565. The Labute approximate surface area is 96.0 Å². The summed E-state index contributed by atoms with van der Waals surface area (Å²) in [6.45, 7) is 4.68. The van der Waals surface area contributed by atoms with Crippen molar-refractivity contribution in [1.29, 1.82) is 0 Å². The molecule has 0 atom stereocenters. The van der Waals surface area contributed by atoms with Crippen LogP contribution in [0, 0.1) is 0 Å². The van der Waals surface area contributed by atoms with Gasteiger partial charge in [0.25, 0.3) is 0 Å². The van der Waals surface area contributed by atoms with Crippen LogP contribution in [0.3, 0.4) is 0 Å². The van der Waals surface area contributed by atoms with E-state index in [9.17, 15) is 0 Å². The maximum Gasteiger partial charge on any atom is 0.188 e. The zero-order chi connectivity index (χ0) is 11.3. The van der Waals surface area contributed by atoms with Crippen LogP contribution in [0.15, 0.2) is 23.1 Å². The van der Waals surface area contributed by atoms with Crippen LogP contribution in [-0.4, -0.2) is 20.2 Å². The molecule has 1 rings (SSSR count). The second-order valence-electron chi connectivity index (χ2n) is 3.62. The number of rotatable bonds is 5. The molecule has 0 saturated heterocycles. The van der Waals surface area contributed by atoms with Crippen molar-refractivity contribution in [1.82, 2.24) is 0 Å². The maximum absolute atomic E-state index is 5.47. The molecule has 0 aliphatic carbocycles. The third kappa shape index (κ3) is 3.43. The van der Waals surface area contributed by atoms with Crippen molar-refractivity contribution in [2.75, 3.05) is 20.2 Å². The Morgan fingerprint density at radius 2 is 2.07 bits per heavy atom. The summed E-state index contributed by atoms with van der Waals surface area (Å²) in [7, 11) is 1.63. The van der Waals surface area contributed by atoms with Gasteiger partial charge in [0.1, 0.15) is 5.75 Å². The molecule has 0 aliphatic heterocycles. The van der Waals surface area contributed by atoms with Crippen molar-refractivity contribution in [2.45, 2.75) is 24.7 Å². The Kier molecular flexibility index (Phi) is 4.99. The van der Waals surface area contributed by atoms with Gasteiger partial charge in [0, 0.05) is 12.0 Å². The van der Waals surface area contributed by atoms with Crippen molar-refractivity contribution in [3.8, 4) is 5.75 Å². The van der Waals surface area contributed by atoms with Crippen molar-refractivity contribution in [2.24, 2.45) is 0 Å². The van der Waals surface area contributed by atoms with Crippen LogP contribution in [0.5, 0.6) is 5.75 Å². The highest BCUT2D eigenvalue weighted by molar-refractivity contribution is 7.98. The summed E-state index contributed by atoms with van der Waals surface area (Å²) < 4.78 is 10.4. The van der Waals surface area contributed by atoms with Gasteiger partial charge < -0.3 is 9.47 Å². The van der Waals surface area contributed by atoms with E-state index in [4.69, 9.17) is 9.47 Å². The highest BCUT2D eigenvalue weighted by atomic mass is 32.2. The van der Waals surface area contributed by atoms with E-state index >= 15 is 0 Å². The van der Waals surface area contributed by atoms with E-state index in [0.717, 1.165) is 5.75 Å². The molecule has 0 aliphatic rings. The van der Waals surface area contributed by atoms with E-state index in [0.29, 0.717) is 12.7 Å². The number of thioether (sulfide) groups is 1. The predicted molar refractivity (Wildman–Crippen MR) is 64.8 cm³/mol.